The highest BCUT2D eigenvalue weighted by atomic mass is 35.5. The van der Waals surface area contributed by atoms with Crippen molar-refractivity contribution in [2.75, 3.05) is 19.3 Å². The van der Waals surface area contributed by atoms with Crippen molar-refractivity contribution in [3.63, 3.8) is 0 Å². The highest BCUT2D eigenvalue weighted by Gasteiger charge is 2.31. The van der Waals surface area contributed by atoms with E-state index in [1.165, 1.54) is 0 Å². The predicted octanol–water partition coefficient (Wildman–Crippen LogP) is 1.25. The van der Waals surface area contributed by atoms with Crippen LogP contribution in [-0.4, -0.2) is 50.7 Å². The van der Waals surface area contributed by atoms with Crippen LogP contribution in [0.15, 0.2) is 0 Å². The second kappa shape index (κ2) is 9.20. The zero-order valence-corrected chi connectivity index (χ0v) is 15.5. The van der Waals surface area contributed by atoms with Gasteiger partial charge in [0, 0.05) is 31.6 Å². The monoisotopic (exact) mass is 367 g/mol. The predicted molar refractivity (Wildman–Crippen MR) is 94.0 cm³/mol. The van der Waals surface area contributed by atoms with E-state index in [1.807, 2.05) is 4.90 Å². The minimum Gasteiger partial charge on any atom is -0.340 e. The number of carbonyl (C=O) groups is 1. The molecule has 0 aromatic rings. The van der Waals surface area contributed by atoms with Gasteiger partial charge < -0.3 is 10.6 Å². The van der Waals surface area contributed by atoms with Crippen LogP contribution in [0.25, 0.3) is 0 Å². The molecule has 0 spiro atoms. The zero-order valence-electron chi connectivity index (χ0n) is 13.9. The summed E-state index contributed by atoms with van der Waals surface area (Å²) in [7, 11) is -3.16. The molecule has 0 aromatic heterocycles. The van der Waals surface area contributed by atoms with Crippen molar-refractivity contribution < 1.29 is 13.2 Å². The molecule has 1 saturated carbocycles. The van der Waals surface area contributed by atoms with Crippen LogP contribution in [0.4, 0.5) is 0 Å². The summed E-state index contributed by atoms with van der Waals surface area (Å²) in [6.07, 6.45) is 8.73. The third kappa shape index (κ3) is 6.57. The first-order valence-corrected chi connectivity index (χ1v) is 10.3. The van der Waals surface area contributed by atoms with Crippen molar-refractivity contribution in [3.8, 4) is 0 Å². The van der Waals surface area contributed by atoms with Crippen molar-refractivity contribution in [1.82, 2.24) is 9.62 Å². The third-order valence-electron chi connectivity index (χ3n) is 4.94. The molecule has 8 heteroatoms. The second-order valence-electron chi connectivity index (χ2n) is 6.75. The van der Waals surface area contributed by atoms with Gasteiger partial charge in [-0.15, -0.1) is 12.4 Å². The van der Waals surface area contributed by atoms with Gasteiger partial charge in [0.2, 0.25) is 15.9 Å². The summed E-state index contributed by atoms with van der Waals surface area (Å²) in [6, 6.07) is 0.326. The van der Waals surface area contributed by atoms with E-state index in [9.17, 15) is 13.2 Å². The smallest absolute Gasteiger partial charge is 0.223 e. The van der Waals surface area contributed by atoms with E-state index in [2.05, 4.69) is 4.72 Å². The van der Waals surface area contributed by atoms with Gasteiger partial charge >= 0.3 is 0 Å². The lowest BCUT2D eigenvalue weighted by molar-refractivity contribution is -0.136. The largest absolute Gasteiger partial charge is 0.340 e. The first-order chi connectivity index (χ1) is 10.4. The first-order valence-electron chi connectivity index (χ1n) is 8.36. The number of hydrogen-bond donors (Lipinski definition) is 2. The highest BCUT2D eigenvalue weighted by molar-refractivity contribution is 7.88. The maximum atomic E-state index is 12.6. The van der Waals surface area contributed by atoms with E-state index >= 15 is 0 Å². The first kappa shape index (κ1) is 20.7. The fraction of sp³-hybridized carbons (Fsp3) is 0.933. The van der Waals surface area contributed by atoms with Crippen LogP contribution in [0.2, 0.25) is 0 Å². The summed E-state index contributed by atoms with van der Waals surface area (Å²) < 4.78 is 24.8. The number of nitrogens with zero attached hydrogens (tertiary/aromatic N) is 1. The number of rotatable bonds is 6. The summed E-state index contributed by atoms with van der Waals surface area (Å²) in [5, 5.41) is 0. The standard InChI is InChI=1S/C15H29N3O3S.ClH/c1-22(20,21)17-9-8-13-6-2-3-10-18(13)15(19)11-12-5-4-7-14(12)16;/h12-14,17H,2-11,16H2,1H3;1H/t12-,13?,14+;/m0./s1. The van der Waals surface area contributed by atoms with E-state index in [1.54, 1.807) is 0 Å². The number of hydrogen-bond acceptors (Lipinski definition) is 4. The van der Waals surface area contributed by atoms with Gasteiger partial charge in [0.05, 0.1) is 6.26 Å². The average molecular weight is 368 g/mol. The molecule has 1 saturated heterocycles. The molecule has 0 bridgehead atoms. The number of likely N-dealkylation sites (tertiary alicyclic amines) is 1. The summed E-state index contributed by atoms with van der Waals surface area (Å²) in [4.78, 5) is 14.6. The fourth-order valence-corrected chi connectivity index (χ4v) is 4.19. The number of sulfonamides is 1. The molecule has 1 aliphatic carbocycles. The normalized spacial score (nSPS) is 28.4. The van der Waals surface area contributed by atoms with E-state index < -0.39 is 10.0 Å². The summed E-state index contributed by atoms with van der Waals surface area (Å²) >= 11 is 0. The van der Waals surface area contributed by atoms with Crippen LogP contribution in [-0.2, 0) is 14.8 Å². The van der Waals surface area contributed by atoms with Gasteiger partial charge in [0.1, 0.15) is 0 Å². The quantitative estimate of drug-likeness (QED) is 0.738. The van der Waals surface area contributed by atoms with Crippen molar-refractivity contribution in [2.24, 2.45) is 11.7 Å². The lowest BCUT2D eigenvalue weighted by Gasteiger charge is -2.37. The number of amides is 1. The summed E-state index contributed by atoms with van der Waals surface area (Å²) in [5.41, 5.74) is 6.07. The molecule has 1 aliphatic heterocycles. The van der Waals surface area contributed by atoms with Crippen molar-refractivity contribution in [3.05, 3.63) is 0 Å². The third-order valence-corrected chi connectivity index (χ3v) is 5.67. The Hall–Kier alpha value is -0.370. The molecular weight excluding hydrogens is 338 g/mol. The Bertz CT molecular complexity index is 486. The van der Waals surface area contributed by atoms with Crippen LogP contribution in [0.1, 0.15) is 51.4 Å². The number of piperidine rings is 1. The van der Waals surface area contributed by atoms with Crippen molar-refractivity contribution in [2.45, 2.75) is 63.5 Å². The van der Waals surface area contributed by atoms with Gasteiger partial charge in [-0.25, -0.2) is 13.1 Å². The Morgan fingerprint density at radius 2 is 1.96 bits per heavy atom. The molecule has 6 nitrogen and oxygen atoms in total. The number of nitrogens with one attached hydrogen (secondary N) is 1. The van der Waals surface area contributed by atoms with Crippen molar-refractivity contribution in [1.29, 1.82) is 0 Å². The number of nitrogens with two attached hydrogens (primary N) is 1. The Morgan fingerprint density at radius 1 is 1.22 bits per heavy atom. The van der Waals surface area contributed by atoms with Crippen LogP contribution >= 0.6 is 12.4 Å². The SMILES string of the molecule is CS(=O)(=O)NCCC1CCCCN1C(=O)C[C@@H]1CCC[C@H]1N.Cl. The zero-order chi connectivity index (χ0) is 16.2. The molecule has 3 atom stereocenters. The van der Waals surface area contributed by atoms with Gasteiger partial charge in [-0.2, -0.15) is 0 Å². The minimum absolute atomic E-state index is 0. The van der Waals surface area contributed by atoms with Gasteiger partial charge in [0.15, 0.2) is 0 Å². The molecule has 0 radical (unpaired) electrons. The van der Waals surface area contributed by atoms with E-state index in [-0.39, 0.29) is 30.4 Å². The highest BCUT2D eigenvalue weighted by Crippen LogP contribution is 2.29. The molecule has 1 unspecified atom stereocenters. The van der Waals surface area contributed by atoms with Crippen LogP contribution in [0, 0.1) is 5.92 Å². The average Bonchev–Trinajstić information content (AvgIpc) is 2.83. The van der Waals surface area contributed by atoms with Crippen molar-refractivity contribution >= 4 is 28.3 Å². The Balaban J connectivity index is 0.00000264. The van der Waals surface area contributed by atoms with Gasteiger partial charge in [-0.05, 0) is 44.4 Å². The van der Waals surface area contributed by atoms with Gasteiger partial charge in [-0.3, -0.25) is 4.79 Å². The van der Waals surface area contributed by atoms with Gasteiger partial charge in [0.25, 0.3) is 0 Å². The minimum atomic E-state index is -3.16. The maximum Gasteiger partial charge on any atom is 0.223 e. The summed E-state index contributed by atoms with van der Waals surface area (Å²) in [6.45, 7) is 1.19. The molecule has 2 rings (SSSR count). The Morgan fingerprint density at radius 3 is 2.57 bits per heavy atom. The molecule has 1 amide bonds. The molecule has 0 aromatic carbocycles. The molecular formula is C15H30ClN3O3S. The molecule has 136 valence electrons. The molecule has 23 heavy (non-hydrogen) atoms. The fourth-order valence-electron chi connectivity index (χ4n) is 3.70. The molecule has 3 N–H and O–H groups in total. The number of carbonyl (C=O) groups excluding carboxylic acids is 1. The van der Waals surface area contributed by atoms with E-state index in [0.29, 0.717) is 25.3 Å². The Labute approximate surface area is 146 Å². The lowest BCUT2D eigenvalue weighted by Crippen LogP contribution is -2.46. The van der Waals surface area contributed by atoms with Crippen LogP contribution < -0.4 is 10.5 Å². The van der Waals surface area contributed by atoms with Crippen LogP contribution in [0.5, 0.6) is 0 Å². The summed E-state index contributed by atoms with van der Waals surface area (Å²) in [5.74, 6) is 0.524. The van der Waals surface area contributed by atoms with Crippen LogP contribution in [0.3, 0.4) is 0 Å². The maximum absolute atomic E-state index is 12.6. The van der Waals surface area contributed by atoms with Gasteiger partial charge in [-0.1, -0.05) is 6.42 Å². The molecule has 2 aliphatic rings. The lowest BCUT2D eigenvalue weighted by atomic mass is 9.95. The van der Waals surface area contributed by atoms with E-state index in [0.717, 1.165) is 51.3 Å². The van der Waals surface area contributed by atoms with E-state index in [4.69, 9.17) is 5.73 Å². The molecule has 2 fully saturated rings. The second-order valence-corrected chi connectivity index (χ2v) is 8.58. The topological polar surface area (TPSA) is 92.5 Å². The molecule has 1 heterocycles. The number of halogens is 1. The Kier molecular flexibility index (Phi) is 8.27.